The Bertz CT molecular complexity index is 622. The number of carboxylic acid groups (broad SMARTS) is 1. The molecule has 0 aliphatic heterocycles. The van der Waals surface area contributed by atoms with Gasteiger partial charge in [-0.05, 0) is 5.92 Å². The first kappa shape index (κ1) is 14.8. The van der Waals surface area contributed by atoms with Crippen LogP contribution in [0.4, 0.5) is 0 Å². The Kier molecular flexibility index (Phi) is 4.71. The van der Waals surface area contributed by atoms with Gasteiger partial charge < -0.3 is 10.4 Å². The molecule has 1 unspecified atom stereocenters. The summed E-state index contributed by atoms with van der Waals surface area (Å²) in [5, 5.41) is 18.2. The second-order valence-corrected chi connectivity index (χ2v) is 4.94. The van der Waals surface area contributed by atoms with E-state index in [0.717, 1.165) is 5.56 Å². The molecular weight excluding hydrogens is 270 g/mol. The highest BCUT2D eigenvalue weighted by atomic mass is 16.4. The van der Waals surface area contributed by atoms with Crippen LogP contribution in [0, 0.1) is 5.92 Å². The van der Waals surface area contributed by atoms with Crippen molar-refractivity contribution in [3.63, 3.8) is 0 Å². The molecule has 0 fully saturated rings. The van der Waals surface area contributed by atoms with Crippen molar-refractivity contribution >= 4 is 11.9 Å². The van der Waals surface area contributed by atoms with Crippen molar-refractivity contribution in [1.29, 1.82) is 0 Å². The monoisotopic (exact) mass is 287 g/mol. The van der Waals surface area contributed by atoms with E-state index in [2.05, 4.69) is 15.5 Å². The average molecular weight is 287 g/mol. The van der Waals surface area contributed by atoms with Crippen LogP contribution < -0.4 is 5.32 Å². The molecule has 0 saturated heterocycles. The minimum absolute atomic E-state index is 0.0250. The molecule has 1 amide bonds. The number of rotatable bonds is 6. The molecule has 2 aromatic rings. The van der Waals surface area contributed by atoms with Gasteiger partial charge in [-0.15, -0.1) is 0 Å². The van der Waals surface area contributed by atoms with Crippen LogP contribution in [0.2, 0.25) is 0 Å². The molecule has 1 aromatic carbocycles. The van der Waals surface area contributed by atoms with Crippen LogP contribution in [-0.2, 0) is 4.79 Å². The lowest BCUT2D eigenvalue weighted by Crippen LogP contribution is -2.29. The standard InChI is InChI=1S/C15H17N3O3/c1-10(7-13(19)20)8-16-15(21)12-9-17-18-14(12)11-5-3-2-4-6-11/h2-6,9-10H,7-8H2,1H3,(H,16,21)(H,17,18)(H,19,20). The number of benzene rings is 1. The zero-order chi connectivity index (χ0) is 15.2. The Hall–Kier alpha value is -2.63. The molecule has 0 radical (unpaired) electrons. The Labute approximate surface area is 122 Å². The number of carboxylic acids is 1. The lowest BCUT2D eigenvalue weighted by Gasteiger charge is -2.10. The van der Waals surface area contributed by atoms with E-state index in [-0.39, 0.29) is 18.2 Å². The summed E-state index contributed by atoms with van der Waals surface area (Å²) in [6.07, 6.45) is 1.50. The molecule has 6 nitrogen and oxygen atoms in total. The van der Waals surface area contributed by atoms with Gasteiger partial charge in [0.05, 0.1) is 17.5 Å². The van der Waals surface area contributed by atoms with Gasteiger partial charge in [-0.1, -0.05) is 37.3 Å². The second kappa shape index (κ2) is 6.69. The van der Waals surface area contributed by atoms with E-state index in [0.29, 0.717) is 17.8 Å². The number of carbonyl (C=O) groups excluding carboxylic acids is 1. The summed E-state index contributed by atoms with van der Waals surface area (Å²) in [4.78, 5) is 22.8. The number of hydrogen-bond acceptors (Lipinski definition) is 3. The Morgan fingerprint density at radius 3 is 2.71 bits per heavy atom. The van der Waals surface area contributed by atoms with E-state index in [1.54, 1.807) is 6.92 Å². The van der Waals surface area contributed by atoms with Crippen molar-refractivity contribution in [2.75, 3.05) is 6.54 Å². The number of hydrogen-bond donors (Lipinski definition) is 3. The van der Waals surface area contributed by atoms with E-state index < -0.39 is 5.97 Å². The smallest absolute Gasteiger partial charge is 0.303 e. The summed E-state index contributed by atoms with van der Waals surface area (Å²) in [7, 11) is 0. The van der Waals surface area contributed by atoms with Gasteiger partial charge in [0.1, 0.15) is 0 Å². The van der Waals surface area contributed by atoms with Gasteiger partial charge in [-0.25, -0.2) is 0 Å². The number of H-pyrrole nitrogens is 1. The predicted molar refractivity (Wildman–Crippen MR) is 77.8 cm³/mol. The van der Waals surface area contributed by atoms with Gasteiger partial charge in [0.15, 0.2) is 0 Å². The second-order valence-electron chi connectivity index (χ2n) is 4.94. The predicted octanol–water partition coefficient (Wildman–Crippen LogP) is 1.92. The number of aliphatic carboxylic acids is 1. The zero-order valence-electron chi connectivity index (χ0n) is 11.7. The van der Waals surface area contributed by atoms with E-state index in [1.807, 2.05) is 30.3 Å². The maximum atomic E-state index is 12.2. The fourth-order valence-corrected chi connectivity index (χ4v) is 2.02. The quantitative estimate of drug-likeness (QED) is 0.756. The first-order chi connectivity index (χ1) is 10.1. The van der Waals surface area contributed by atoms with Gasteiger partial charge >= 0.3 is 5.97 Å². The van der Waals surface area contributed by atoms with Crippen molar-refractivity contribution in [2.24, 2.45) is 5.92 Å². The van der Waals surface area contributed by atoms with Gasteiger partial charge in [0.2, 0.25) is 0 Å². The van der Waals surface area contributed by atoms with E-state index in [4.69, 9.17) is 5.11 Å². The SMILES string of the molecule is CC(CNC(=O)c1cn[nH]c1-c1ccccc1)CC(=O)O. The molecule has 1 aromatic heterocycles. The average Bonchev–Trinajstić information content (AvgIpc) is 2.94. The molecular formula is C15H17N3O3. The van der Waals surface area contributed by atoms with Gasteiger partial charge in [-0.2, -0.15) is 5.10 Å². The largest absolute Gasteiger partial charge is 0.481 e. The van der Waals surface area contributed by atoms with E-state index in [9.17, 15) is 9.59 Å². The first-order valence-electron chi connectivity index (χ1n) is 6.66. The zero-order valence-corrected chi connectivity index (χ0v) is 11.7. The number of amides is 1. The molecule has 110 valence electrons. The van der Waals surface area contributed by atoms with Crippen LogP contribution in [0.1, 0.15) is 23.7 Å². The van der Waals surface area contributed by atoms with Crippen molar-refractivity contribution < 1.29 is 14.7 Å². The van der Waals surface area contributed by atoms with Crippen LogP contribution in [0.3, 0.4) is 0 Å². The molecule has 3 N–H and O–H groups in total. The highest BCUT2D eigenvalue weighted by Gasteiger charge is 2.16. The topological polar surface area (TPSA) is 95.1 Å². The Morgan fingerprint density at radius 1 is 1.33 bits per heavy atom. The number of aromatic nitrogens is 2. The molecule has 6 heteroatoms. The van der Waals surface area contributed by atoms with Crippen LogP contribution in [-0.4, -0.2) is 33.7 Å². The molecule has 0 spiro atoms. The van der Waals surface area contributed by atoms with Crippen LogP contribution in [0.25, 0.3) is 11.3 Å². The molecule has 0 saturated carbocycles. The summed E-state index contributed by atoms with van der Waals surface area (Å²) in [6.45, 7) is 2.09. The first-order valence-corrected chi connectivity index (χ1v) is 6.66. The summed E-state index contributed by atoms with van der Waals surface area (Å²) < 4.78 is 0. The molecule has 2 rings (SSSR count). The summed E-state index contributed by atoms with van der Waals surface area (Å²) in [5.41, 5.74) is 1.97. The Balaban J connectivity index is 2.04. The maximum Gasteiger partial charge on any atom is 0.303 e. The highest BCUT2D eigenvalue weighted by Crippen LogP contribution is 2.20. The number of nitrogens with zero attached hydrogens (tertiary/aromatic N) is 1. The number of nitrogens with one attached hydrogen (secondary N) is 2. The van der Waals surface area contributed by atoms with Crippen LogP contribution in [0.15, 0.2) is 36.5 Å². The third-order valence-corrected chi connectivity index (χ3v) is 3.08. The molecule has 0 aliphatic rings. The maximum absolute atomic E-state index is 12.2. The fraction of sp³-hybridized carbons (Fsp3) is 0.267. The minimum atomic E-state index is -0.870. The van der Waals surface area contributed by atoms with Gasteiger partial charge in [0.25, 0.3) is 5.91 Å². The highest BCUT2D eigenvalue weighted by molar-refractivity contribution is 5.99. The van der Waals surface area contributed by atoms with Gasteiger partial charge in [-0.3, -0.25) is 14.7 Å². The molecule has 21 heavy (non-hydrogen) atoms. The van der Waals surface area contributed by atoms with Crippen molar-refractivity contribution in [2.45, 2.75) is 13.3 Å². The summed E-state index contributed by atoms with van der Waals surface area (Å²) >= 11 is 0. The van der Waals surface area contributed by atoms with Crippen molar-refractivity contribution in [3.05, 3.63) is 42.1 Å². The van der Waals surface area contributed by atoms with Crippen LogP contribution in [0.5, 0.6) is 0 Å². The van der Waals surface area contributed by atoms with E-state index in [1.165, 1.54) is 6.20 Å². The third-order valence-electron chi connectivity index (χ3n) is 3.08. The summed E-state index contributed by atoms with van der Waals surface area (Å²) in [6, 6.07) is 9.43. The molecule has 0 bridgehead atoms. The van der Waals surface area contributed by atoms with Crippen molar-refractivity contribution in [1.82, 2.24) is 15.5 Å². The fourth-order valence-electron chi connectivity index (χ4n) is 2.02. The van der Waals surface area contributed by atoms with Gasteiger partial charge in [0, 0.05) is 18.5 Å². The Morgan fingerprint density at radius 2 is 2.05 bits per heavy atom. The van der Waals surface area contributed by atoms with Crippen LogP contribution >= 0.6 is 0 Å². The number of aromatic amines is 1. The lowest BCUT2D eigenvalue weighted by molar-refractivity contribution is -0.137. The minimum Gasteiger partial charge on any atom is -0.481 e. The third kappa shape index (κ3) is 3.92. The molecule has 1 atom stereocenters. The molecule has 0 aliphatic carbocycles. The number of carbonyl (C=O) groups is 2. The molecule has 1 heterocycles. The normalized spacial score (nSPS) is 11.9. The lowest BCUT2D eigenvalue weighted by atomic mass is 10.1. The van der Waals surface area contributed by atoms with Crippen molar-refractivity contribution in [3.8, 4) is 11.3 Å². The summed E-state index contributed by atoms with van der Waals surface area (Å²) in [5.74, 6) is -1.26. The van der Waals surface area contributed by atoms with E-state index >= 15 is 0 Å².